The van der Waals surface area contributed by atoms with E-state index in [-0.39, 0.29) is 128 Å². The Balaban J connectivity index is -0.000000111. The summed E-state index contributed by atoms with van der Waals surface area (Å²) in [6.07, 6.45) is 0. The summed E-state index contributed by atoms with van der Waals surface area (Å²) in [5, 5.41) is 5.59. The summed E-state index contributed by atoms with van der Waals surface area (Å²) in [7, 11) is 0. The largest absolute Gasteiger partial charge is 0.0776 e. The zero-order valence-corrected chi connectivity index (χ0v) is 20.4. The summed E-state index contributed by atoms with van der Waals surface area (Å²) in [6.45, 7) is 18.8. The smallest absolute Gasteiger partial charge is 0 e. The van der Waals surface area contributed by atoms with Gasteiger partial charge in [0, 0.05) is 113 Å². The van der Waals surface area contributed by atoms with Crippen LogP contribution in [0.5, 0.6) is 0 Å². The van der Waals surface area contributed by atoms with E-state index in [1.165, 1.54) is 32.7 Å². The minimum absolute atomic E-state index is 0. The van der Waals surface area contributed by atoms with Crippen molar-refractivity contribution in [1.82, 2.24) is 0 Å². The summed E-state index contributed by atoms with van der Waals surface area (Å²) < 4.78 is 0. The van der Waals surface area contributed by atoms with Crippen LogP contribution < -0.4 is 0 Å². The molecule has 0 N–H and O–H groups in total. The molecule has 0 aliphatic heterocycles. The molecule has 0 atom stereocenters. The van der Waals surface area contributed by atoms with Crippen LogP contribution >= 0.6 is 0 Å². The summed E-state index contributed by atoms with van der Waals surface area (Å²) in [5.74, 6) is 0.542. The molecular weight excluding hydrogens is 432 g/mol. The minimum atomic E-state index is 0. The molecule has 3 aromatic rings. The van der Waals surface area contributed by atoms with Crippen molar-refractivity contribution in [3.63, 3.8) is 0 Å². The molecule has 0 amide bonds. The molecule has 3 rings (SSSR count). The average Bonchev–Trinajstić information content (AvgIpc) is 2.67. The van der Waals surface area contributed by atoms with Crippen molar-refractivity contribution >= 4 is 21.5 Å². The first-order valence-corrected chi connectivity index (χ1v) is 9.60. The van der Waals surface area contributed by atoms with Gasteiger partial charge in [0.25, 0.3) is 0 Å². The molecule has 29 heavy (non-hydrogen) atoms. The Labute approximate surface area is 273 Å². The molecule has 0 aromatic heterocycles. The van der Waals surface area contributed by atoms with E-state index in [9.17, 15) is 0 Å². The molecule has 0 bridgehead atoms. The second-order valence-electron chi connectivity index (χ2n) is 5.28. The van der Waals surface area contributed by atoms with Crippen LogP contribution in [0.4, 0.5) is 0 Å². The topological polar surface area (TPSA) is 0 Å². The molecular formula is C26H44Ar3. The van der Waals surface area contributed by atoms with Gasteiger partial charge in [-0.1, -0.05) is 119 Å². The van der Waals surface area contributed by atoms with Gasteiger partial charge in [-0.05, 0) is 45.5 Å². The van der Waals surface area contributed by atoms with Crippen LogP contribution in [0.15, 0.2) is 48.5 Å². The number of fused-ring (bicyclic) bond motifs is 2. The molecule has 0 nitrogen and oxygen atoms in total. The molecule has 0 fully saturated rings. The molecule has 0 saturated carbocycles. The van der Waals surface area contributed by atoms with E-state index in [0.29, 0.717) is 5.92 Å². The Morgan fingerprint density at radius 3 is 1.00 bits per heavy atom. The number of benzene rings is 3. The number of rotatable bonds is 1. The predicted molar refractivity (Wildman–Crippen MR) is 128 cm³/mol. The van der Waals surface area contributed by atoms with Crippen molar-refractivity contribution in [2.45, 2.75) is 83.1 Å². The Morgan fingerprint density at radius 1 is 0.517 bits per heavy atom. The third kappa shape index (κ3) is 12.1. The first-order valence-electron chi connectivity index (χ1n) is 9.60. The summed E-state index contributed by atoms with van der Waals surface area (Å²) >= 11 is 0. The SMILES string of the molecule is C.C.CC.CC.CC.Cc1c2ccccc2c(C(C)C)c2ccccc12.[Ar].[Ar].[Ar]. The molecule has 0 spiro atoms. The van der Waals surface area contributed by atoms with Gasteiger partial charge < -0.3 is 0 Å². The van der Waals surface area contributed by atoms with Crippen LogP contribution in [0.2, 0.25) is 0 Å². The second-order valence-corrected chi connectivity index (χ2v) is 5.28. The molecule has 172 valence electrons. The van der Waals surface area contributed by atoms with E-state index >= 15 is 0 Å². The quantitative estimate of drug-likeness (QED) is 0.307. The van der Waals surface area contributed by atoms with Gasteiger partial charge in [-0.25, -0.2) is 0 Å². The fourth-order valence-electron chi connectivity index (χ4n) is 3.00. The Kier molecular flexibility index (Phi) is 40.3. The standard InChI is InChI=1S/C18H18.3C2H6.2CH4.3Ar/c1-12(2)18-16-10-6-4-8-14(16)13(3)15-9-5-7-11-17(15)18;3*1-2;;;;;/h4-12H,1-3H3;3*1-2H3;2*1H4;;;. The van der Waals surface area contributed by atoms with Gasteiger partial charge in [0.2, 0.25) is 0 Å². The van der Waals surface area contributed by atoms with E-state index in [2.05, 4.69) is 69.3 Å². The van der Waals surface area contributed by atoms with Crippen LogP contribution in [-0.4, -0.2) is 0 Å². The maximum absolute atomic E-state index is 2.28. The normalized spacial score (nSPS) is 7.79. The van der Waals surface area contributed by atoms with Crippen LogP contribution in [-0.2, 0) is 0 Å². The zero-order valence-electron chi connectivity index (χ0n) is 18.3. The third-order valence-electron chi connectivity index (χ3n) is 3.82. The Hall–Kier alpha value is 1.96. The summed E-state index contributed by atoms with van der Waals surface area (Å²) in [5.41, 5.74) is 2.87. The first kappa shape index (κ1) is 44.6. The molecule has 0 heterocycles. The average molecular weight is 476 g/mol. The van der Waals surface area contributed by atoms with Crippen molar-refractivity contribution in [1.29, 1.82) is 0 Å². The van der Waals surface area contributed by atoms with Gasteiger partial charge in [0.15, 0.2) is 0 Å². The van der Waals surface area contributed by atoms with Crippen molar-refractivity contribution in [3.8, 4) is 0 Å². The predicted octanol–water partition coefficient (Wildman–Crippen LogP) is 9.78. The minimum Gasteiger partial charge on any atom is -0.0776 e. The van der Waals surface area contributed by atoms with E-state index in [1.54, 1.807) is 0 Å². The van der Waals surface area contributed by atoms with E-state index in [0.717, 1.165) is 0 Å². The molecule has 3 aromatic carbocycles. The molecule has 0 aliphatic rings. The maximum Gasteiger partial charge on any atom is 0 e. The van der Waals surface area contributed by atoms with Gasteiger partial charge in [0.05, 0.1) is 0 Å². The van der Waals surface area contributed by atoms with E-state index in [1.807, 2.05) is 41.5 Å². The van der Waals surface area contributed by atoms with Crippen molar-refractivity contribution in [2.75, 3.05) is 0 Å². The molecule has 0 unspecified atom stereocenters. The number of hydrogen-bond donors (Lipinski definition) is 0. The first-order chi connectivity index (χ1) is 11.7. The van der Waals surface area contributed by atoms with Gasteiger partial charge >= 0.3 is 0 Å². The van der Waals surface area contributed by atoms with Crippen molar-refractivity contribution < 1.29 is 113 Å². The number of hydrogen-bond acceptors (Lipinski definition) is 0. The Morgan fingerprint density at radius 2 is 0.759 bits per heavy atom. The van der Waals surface area contributed by atoms with Crippen LogP contribution in [0.1, 0.15) is 87.3 Å². The van der Waals surface area contributed by atoms with E-state index < -0.39 is 0 Å². The van der Waals surface area contributed by atoms with Crippen LogP contribution in [0.3, 0.4) is 0 Å². The van der Waals surface area contributed by atoms with E-state index in [4.69, 9.17) is 0 Å². The summed E-state index contributed by atoms with van der Waals surface area (Å²) in [4.78, 5) is 0. The van der Waals surface area contributed by atoms with Gasteiger partial charge in [-0.15, -0.1) is 0 Å². The van der Waals surface area contributed by atoms with Gasteiger partial charge in [-0.2, -0.15) is 0 Å². The maximum atomic E-state index is 2.28. The van der Waals surface area contributed by atoms with Crippen molar-refractivity contribution in [3.05, 3.63) is 59.7 Å². The van der Waals surface area contributed by atoms with Gasteiger partial charge in [-0.3, -0.25) is 0 Å². The molecule has 0 radical (unpaired) electrons. The summed E-state index contributed by atoms with van der Waals surface area (Å²) in [6, 6.07) is 17.5. The van der Waals surface area contributed by atoms with Crippen LogP contribution in [0, 0.1) is 120 Å². The van der Waals surface area contributed by atoms with Crippen molar-refractivity contribution in [2.24, 2.45) is 0 Å². The monoisotopic (exact) mass is 476 g/mol. The third-order valence-corrected chi connectivity index (χ3v) is 3.82. The van der Waals surface area contributed by atoms with Gasteiger partial charge in [0.1, 0.15) is 0 Å². The second kappa shape index (κ2) is 26.2. The van der Waals surface area contributed by atoms with Crippen LogP contribution in [0.25, 0.3) is 21.5 Å². The fourth-order valence-corrected chi connectivity index (χ4v) is 3.00. The number of aryl methyl sites for hydroxylation is 1. The Bertz CT molecular complexity index is 677. The molecule has 0 saturated heterocycles. The molecule has 3 heteroatoms. The zero-order chi connectivity index (χ0) is 18.7. The fraction of sp³-hybridized carbons (Fsp3) is 0.462. The molecule has 0 aliphatic carbocycles.